The maximum Gasteiger partial charge on any atom is 0.340 e. The van der Waals surface area contributed by atoms with E-state index in [4.69, 9.17) is 9.47 Å². The van der Waals surface area contributed by atoms with Crippen molar-refractivity contribution in [2.45, 2.75) is 27.7 Å². The Bertz CT molecular complexity index is 1250. The predicted molar refractivity (Wildman–Crippen MR) is 119 cm³/mol. The minimum absolute atomic E-state index is 0.153. The first-order chi connectivity index (χ1) is 14.7. The highest BCUT2D eigenvalue weighted by Crippen LogP contribution is 2.32. The van der Waals surface area contributed by atoms with Crippen LogP contribution in [-0.2, 0) is 18.8 Å². The van der Waals surface area contributed by atoms with Crippen LogP contribution in [-0.4, -0.2) is 33.3 Å². The number of aromatic nitrogens is 3. The maximum absolute atomic E-state index is 13.1. The summed E-state index contributed by atoms with van der Waals surface area (Å²) < 4.78 is 13.3. The molecule has 0 aliphatic heterocycles. The zero-order valence-electron chi connectivity index (χ0n) is 18.7. The first-order valence-electron chi connectivity index (χ1n) is 10.2. The van der Waals surface area contributed by atoms with Crippen molar-refractivity contribution in [1.82, 2.24) is 14.1 Å². The minimum atomic E-state index is -0.555. The van der Waals surface area contributed by atoms with Gasteiger partial charge < -0.3 is 9.47 Å². The van der Waals surface area contributed by atoms with Crippen LogP contribution in [0.15, 0.2) is 33.9 Å². The Kier molecular flexibility index (Phi) is 6.29. The lowest BCUT2D eigenvalue weighted by atomic mass is 9.95. The van der Waals surface area contributed by atoms with Crippen LogP contribution in [0.25, 0.3) is 22.2 Å². The molecular formula is C23H27N3O5. The molecule has 8 nitrogen and oxygen atoms in total. The van der Waals surface area contributed by atoms with Crippen LogP contribution in [0, 0.1) is 12.8 Å². The molecule has 0 aliphatic carbocycles. The van der Waals surface area contributed by atoms with Gasteiger partial charge in [0.25, 0.3) is 5.56 Å². The van der Waals surface area contributed by atoms with Gasteiger partial charge in [-0.1, -0.05) is 26.0 Å². The second-order valence-corrected chi connectivity index (χ2v) is 7.80. The molecule has 0 atom stereocenters. The first kappa shape index (κ1) is 22.3. The predicted octanol–water partition coefficient (Wildman–Crippen LogP) is 2.82. The molecule has 0 radical (unpaired) electrons. The largest absolute Gasteiger partial charge is 0.494 e. The Labute approximate surface area is 180 Å². The van der Waals surface area contributed by atoms with Gasteiger partial charge in [-0.05, 0) is 37.5 Å². The minimum Gasteiger partial charge on any atom is -0.494 e. The Morgan fingerprint density at radius 3 is 2.32 bits per heavy atom. The molecule has 0 bridgehead atoms. The number of carbonyl (C=O) groups is 1. The zero-order chi connectivity index (χ0) is 22.9. The summed E-state index contributed by atoms with van der Waals surface area (Å²) in [7, 11) is 2.96. The molecule has 0 fully saturated rings. The van der Waals surface area contributed by atoms with E-state index in [9.17, 15) is 14.4 Å². The number of aryl methyl sites for hydroxylation is 2. The van der Waals surface area contributed by atoms with Crippen molar-refractivity contribution >= 4 is 17.0 Å². The van der Waals surface area contributed by atoms with Crippen LogP contribution in [0.4, 0.5) is 0 Å². The Balaban J connectivity index is 2.41. The SMILES string of the molecule is CCOc1ccc(-c2c(C(=O)OCC(C)C)c(C)nc3c2c(=O)n(C)c(=O)n3C)cc1. The van der Waals surface area contributed by atoms with Gasteiger partial charge >= 0.3 is 11.7 Å². The monoisotopic (exact) mass is 425 g/mol. The maximum atomic E-state index is 13.1. The van der Waals surface area contributed by atoms with E-state index in [0.717, 1.165) is 4.57 Å². The third-order valence-corrected chi connectivity index (χ3v) is 4.97. The molecule has 1 aromatic carbocycles. The zero-order valence-corrected chi connectivity index (χ0v) is 18.7. The summed E-state index contributed by atoms with van der Waals surface area (Å²) in [5.74, 6) is 0.270. The highest BCUT2D eigenvalue weighted by Gasteiger charge is 2.25. The fourth-order valence-corrected chi connectivity index (χ4v) is 3.44. The molecule has 3 aromatic rings. The average molecular weight is 425 g/mol. The van der Waals surface area contributed by atoms with E-state index in [0.29, 0.717) is 29.2 Å². The molecule has 2 aromatic heterocycles. The quantitative estimate of drug-likeness (QED) is 0.564. The summed E-state index contributed by atoms with van der Waals surface area (Å²) in [6, 6.07) is 7.11. The van der Waals surface area contributed by atoms with Gasteiger partial charge in [-0.3, -0.25) is 13.9 Å². The van der Waals surface area contributed by atoms with E-state index in [-0.39, 0.29) is 29.1 Å². The molecule has 31 heavy (non-hydrogen) atoms. The molecular weight excluding hydrogens is 398 g/mol. The van der Waals surface area contributed by atoms with Gasteiger partial charge in [-0.2, -0.15) is 0 Å². The van der Waals surface area contributed by atoms with E-state index < -0.39 is 17.2 Å². The van der Waals surface area contributed by atoms with Crippen LogP contribution in [0.5, 0.6) is 5.75 Å². The van der Waals surface area contributed by atoms with Gasteiger partial charge in [-0.25, -0.2) is 14.6 Å². The van der Waals surface area contributed by atoms with E-state index in [2.05, 4.69) is 4.98 Å². The summed E-state index contributed by atoms with van der Waals surface area (Å²) in [5.41, 5.74) is 0.836. The van der Waals surface area contributed by atoms with Crippen molar-refractivity contribution in [3.63, 3.8) is 0 Å². The number of carbonyl (C=O) groups excluding carboxylic acids is 1. The van der Waals surface area contributed by atoms with Crippen LogP contribution >= 0.6 is 0 Å². The molecule has 2 heterocycles. The van der Waals surface area contributed by atoms with Crippen molar-refractivity contribution in [1.29, 1.82) is 0 Å². The molecule has 0 spiro atoms. The van der Waals surface area contributed by atoms with Crippen molar-refractivity contribution in [2.75, 3.05) is 13.2 Å². The average Bonchev–Trinajstić information content (AvgIpc) is 2.74. The number of rotatable bonds is 6. The van der Waals surface area contributed by atoms with Crippen LogP contribution < -0.4 is 16.0 Å². The Morgan fingerprint density at radius 2 is 1.74 bits per heavy atom. The second kappa shape index (κ2) is 8.75. The molecule has 8 heteroatoms. The summed E-state index contributed by atoms with van der Waals surface area (Å²) >= 11 is 0. The Hall–Kier alpha value is -3.42. The lowest BCUT2D eigenvalue weighted by Gasteiger charge is -2.17. The Morgan fingerprint density at radius 1 is 1.10 bits per heavy atom. The fraction of sp³-hybridized carbons (Fsp3) is 0.391. The van der Waals surface area contributed by atoms with Crippen molar-refractivity contribution in [3.05, 3.63) is 56.4 Å². The van der Waals surface area contributed by atoms with Gasteiger partial charge in [0.2, 0.25) is 0 Å². The highest BCUT2D eigenvalue weighted by molar-refractivity contribution is 6.07. The van der Waals surface area contributed by atoms with Gasteiger partial charge in [0, 0.05) is 19.7 Å². The molecule has 0 N–H and O–H groups in total. The molecule has 164 valence electrons. The van der Waals surface area contributed by atoms with E-state index >= 15 is 0 Å². The van der Waals surface area contributed by atoms with Gasteiger partial charge in [0.05, 0.1) is 29.9 Å². The molecule has 0 unspecified atom stereocenters. The number of nitrogens with zero attached hydrogens (tertiary/aromatic N) is 3. The third kappa shape index (κ3) is 4.10. The summed E-state index contributed by atoms with van der Waals surface area (Å²) in [4.78, 5) is 43.1. The molecule has 3 rings (SSSR count). The lowest BCUT2D eigenvalue weighted by Crippen LogP contribution is -2.38. The number of pyridine rings is 1. The highest BCUT2D eigenvalue weighted by atomic mass is 16.5. The van der Waals surface area contributed by atoms with E-state index in [1.807, 2.05) is 20.8 Å². The lowest BCUT2D eigenvalue weighted by molar-refractivity contribution is 0.0458. The van der Waals surface area contributed by atoms with Crippen LogP contribution in [0.3, 0.4) is 0 Å². The van der Waals surface area contributed by atoms with Gasteiger partial charge in [0.15, 0.2) is 0 Å². The molecule has 0 saturated heterocycles. The van der Waals surface area contributed by atoms with E-state index in [1.165, 1.54) is 11.6 Å². The molecule has 0 aliphatic rings. The van der Waals surface area contributed by atoms with Crippen molar-refractivity contribution < 1.29 is 14.3 Å². The third-order valence-electron chi connectivity index (χ3n) is 4.97. The number of esters is 1. The second-order valence-electron chi connectivity index (χ2n) is 7.80. The smallest absolute Gasteiger partial charge is 0.340 e. The van der Waals surface area contributed by atoms with Gasteiger partial charge in [-0.15, -0.1) is 0 Å². The number of hydrogen-bond acceptors (Lipinski definition) is 6. The molecule has 0 saturated carbocycles. The summed E-state index contributed by atoms with van der Waals surface area (Å²) in [5, 5.41) is 0.191. The number of hydrogen-bond donors (Lipinski definition) is 0. The normalized spacial score (nSPS) is 11.2. The number of ether oxygens (including phenoxy) is 2. The van der Waals surface area contributed by atoms with E-state index in [1.54, 1.807) is 38.2 Å². The van der Waals surface area contributed by atoms with Gasteiger partial charge in [0.1, 0.15) is 11.4 Å². The van der Waals surface area contributed by atoms with Crippen LogP contribution in [0.1, 0.15) is 36.8 Å². The molecule has 0 amide bonds. The van der Waals surface area contributed by atoms with Crippen molar-refractivity contribution in [2.24, 2.45) is 20.0 Å². The number of fused-ring (bicyclic) bond motifs is 1. The van der Waals surface area contributed by atoms with Crippen molar-refractivity contribution in [3.8, 4) is 16.9 Å². The number of benzene rings is 1. The van der Waals surface area contributed by atoms with Crippen LogP contribution in [0.2, 0.25) is 0 Å². The standard InChI is InChI=1S/C23H27N3O5/c1-7-30-16-10-8-15(9-11-16)18-17(22(28)31-12-13(2)3)14(4)24-20-19(18)21(27)26(6)23(29)25(20)5/h8-11,13H,7,12H2,1-6H3. The summed E-state index contributed by atoms with van der Waals surface area (Å²) in [6.07, 6.45) is 0. The fourth-order valence-electron chi connectivity index (χ4n) is 3.44. The topological polar surface area (TPSA) is 92.4 Å². The summed E-state index contributed by atoms with van der Waals surface area (Å²) in [6.45, 7) is 8.21. The first-order valence-corrected chi connectivity index (χ1v) is 10.2.